The van der Waals surface area contributed by atoms with Crippen LogP contribution in [0.3, 0.4) is 0 Å². The molecule has 6 heteroatoms. The molecule has 21 heavy (non-hydrogen) atoms. The van der Waals surface area contributed by atoms with Crippen molar-refractivity contribution in [2.45, 2.75) is 19.6 Å². The number of hydrogen-bond acceptors (Lipinski definition) is 5. The lowest BCUT2D eigenvalue weighted by Crippen LogP contribution is -2.46. The van der Waals surface area contributed by atoms with Crippen LogP contribution in [-0.4, -0.2) is 50.3 Å². The summed E-state index contributed by atoms with van der Waals surface area (Å²) in [5.41, 5.74) is 6.54. The fraction of sp³-hybridized carbons (Fsp3) is 0.533. The zero-order valence-electron chi connectivity index (χ0n) is 12.5. The molecule has 0 aliphatic carbocycles. The van der Waals surface area contributed by atoms with Crippen LogP contribution in [0.1, 0.15) is 12.5 Å². The molecule has 2 N–H and O–H groups in total. The van der Waals surface area contributed by atoms with Gasteiger partial charge in [0.25, 0.3) is 5.91 Å². The molecule has 1 aliphatic heterocycles. The van der Waals surface area contributed by atoms with Crippen LogP contribution in [0.25, 0.3) is 0 Å². The summed E-state index contributed by atoms with van der Waals surface area (Å²) in [7, 11) is 1.57. The van der Waals surface area contributed by atoms with Crippen molar-refractivity contribution in [1.82, 2.24) is 4.90 Å². The van der Waals surface area contributed by atoms with Crippen molar-refractivity contribution in [1.29, 1.82) is 0 Å². The maximum absolute atomic E-state index is 12.4. The van der Waals surface area contributed by atoms with Gasteiger partial charge >= 0.3 is 0 Å². The first-order valence-corrected chi connectivity index (χ1v) is 7.06. The van der Waals surface area contributed by atoms with E-state index in [0.29, 0.717) is 44.3 Å². The van der Waals surface area contributed by atoms with Crippen LogP contribution in [0, 0.1) is 0 Å². The molecular weight excluding hydrogens is 272 g/mol. The molecule has 2 rings (SSSR count). The van der Waals surface area contributed by atoms with Crippen LogP contribution >= 0.6 is 0 Å². The average molecular weight is 294 g/mol. The second kappa shape index (κ2) is 7.28. The predicted molar refractivity (Wildman–Crippen MR) is 78.4 cm³/mol. The summed E-state index contributed by atoms with van der Waals surface area (Å²) >= 11 is 0. The molecule has 1 unspecified atom stereocenters. The van der Waals surface area contributed by atoms with Crippen molar-refractivity contribution < 1.29 is 19.0 Å². The number of amides is 1. The minimum absolute atomic E-state index is 0.0489. The third kappa shape index (κ3) is 3.65. The van der Waals surface area contributed by atoms with Gasteiger partial charge in [0.15, 0.2) is 17.6 Å². The lowest BCUT2D eigenvalue weighted by molar-refractivity contribution is -0.142. The molecule has 1 fully saturated rings. The van der Waals surface area contributed by atoms with Crippen LogP contribution in [0.5, 0.6) is 11.5 Å². The molecule has 0 saturated carbocycles. The van der Waals surface area contributed by atoms with Gasteiger partial charge in [-0.25, -0.2) is 0 Å². The lowest BCUT2D eigenvalue weighted by atomic mass is 10.2. The molecule has 1 saturated heterocycles. The molecule has 0 radical (unpaired) electrons. The number of nitrogens with zero attached hydrogens (tertiary/aromatic N) is 1. The molecule has 6 nitrogen and oxygen atoms in total. The van der Waals surface area contributed by atoms with Gasteiger partial charge in [0.05, 0.1) is 20.3 Å². The number of methoxy groups -OCH3 is 1. The summed E-state index contributed by atoms with van der Waals surface area (Å²) in [4.78, 5) is 14.1. The van der Waals surface area contributed by atoms with E-state index in [2.05, 4.69) is 0 Å². The topological polar surface area (TPSA) is 74.0 Å². The largest absolute Gasteiger partial charge is 0.493 e. The Morgan fingerprint density at radius 3 is 2.76 bits per heavy atom. The molecule has 1 aliphatic rings. The van der Waals surface area contributed by atoms with Gasteiger partial charge in [-0.15, -0.1) is 0 Å². The first-order chi connectivity index (χ1) is 10.2. The van der Waals surface area contributed by atoms with E-state index in [1.807, 2.05) is 12.1 Å². The third-order valence-corrected chi connectivity index (χ3v) is 3.47. The number of carbonyl (C=O) groups excluding carboxylic acids is 1. The number of carbonyl (C=O) groups is 1. The maximum atomic E-state index is 12.4. The van der Waals surface area contributed by atoms with Crippen molar-refractivity contribution in [3.8, 4) is 11.5 Å². The van der Waals surface area contributed by atoms with Crippen LogP contribution in [0.2, 0.25) is 0 Å². The summed E-state index contributed by atoms with van der Waals surface area (Å²) in [6.45, 7) is 4.41. The number of benzene rings is 1. The van der Waals surface area contributed by atoms with Crippen LogP contribution < -0.4 is 15.2 Å². The van der Waals surface area contributed by atoms with Crippen molar-refractivity contribution in [3.05, 3.63) is 23.8 Å². The molecule has 1 atom stereocenters. The van der Waals surface area contributed by atoms with Crippen molar-refractivity contribution >= 4 is 5.91 Å². The quantitative estimate of drug-likeness (QED) is 0.868. The normalized spacial score (nSPS) is 16.4. The number of hydrogen-bond donors (Lipinski definition) is 1. The highest BCUT2D eigenvalue weighted by molar-refractivity contribution is 5.81. The second-order valence-electron chi connectivity index (χ2n) is 4.85. The predicted octanol–water partition coefficient (Wildman–Crippen LogP) is 0.780. The lowest BCUT2D eigenvalue weighted by Gasteiger charge is -2.29. The fourth-order valence-electron chi connectivity index (χ4n) is 2.28. The maximum Gasteiger partial charge on any atom is 0.263 e. The highest BCUT2D eigenvalue weighted by Gasteiger charge is 2.25. The Bertz CT molecular complexity index is 464. The molecule has 116 valence electrons. The average Bonchev–Trinajstić information content (AvgIpc) is 2.55. The number of ether oxygens (including phenoxy) is 3. The first kappa shape index (κ1) is 15.6. The van der Waals surface area contributed by atoms with Crippen molar-refractivity contribution in [3.63, 3.8) is 0 Å². The van der Waals surface area contributed by atoms with Crippen LogP contribution in [0.4, 0.5) is 0 Å². The van der Waals surface area contributed by atoms with E-state index in [-0.39, 0.29) is 5.91 Å². The van der Waals surface area contributed by atoms with Crippen molar-refractivity contribution in [2.75, 3.05) is 33.4 Å². The van der Waals surface area contributed by atoms with Gasteiger partial charge in [-0.3, -0.25) is 4.79 Å². The monoisotopic (exact) mass is 294 g/mol. The summed E-state index contributed by atoms with van der Waals surface area (Å²) in [5.74, 6) is 1.07. The van der Waals surface area contributed by atoms with E-state index in [1.54, 1.807) is 25.0 Å². The smallest absolute Gasteiger partial charge is 0.263 e. The van der Waals surface area contributed by atoms with E-state index in [1.165, 1.54) is 0 Å². The van der Waals surface area contributed by atoms with Gasteiger partial charge in [-0.1, -0.05) is 12.1 Å². The Kier molecular flexibility index (Phi) is 5.41. The number of rotatable bonds is 5. The van der Waals surface area contributed by atoms with E-state index in [9.17, 15) is 4.79 Å². The van der Waals surface area contributed by atoms with Gasteiger partial charge in [0.2, 0.25) is 0 Å². The summed E-state index contributed by atoms with van der Waals surface area (Å²) in [5, 5.41) is 0. The highest BCUT2D eigenvalue weighted by atomic mass is 16.5. The standard InChI is InChI=1S/C15H22N2O4/c1-11(15(18)17-6-8-20-9-7-17)21-14-12(10-16)4-3-5-13(14)19-2/h3-5,11H,6-10,16H2,1-2H3. The fourth-order valence-corrected chi connectivity index (χ4v) is 2.28. The first-order valence-electron chi connectivity index (χ1n) is 7.06. The molecule has 0 spiro atoms. The van der Waals surface area contributed by atoms with Gasteiger partial charge in [-0.05, 0) is 13.0 Å². The zero-order valence-corrected chi connectivity index (χ0v) is 12.5. The molecule has 1 aromatic rings. The van der Waals surface area contributed by atoms with E-state index in [0.717, 1.165) is 5.56 Å². The van der Waals surface area contributed by atoms with Gasteiger partial charge in [0.1, 0.15) is 0 Å². The molecular formula is C15H22N2O4. The van der Waals surface area contributed by atoms with E-state index >= 15 is 0 Å². The Morgan fingerprint density at radius 2 is 2.14 bits per heavy atom. The zero-order chi connectivity index (χ0) is 15.2. The van der Waals surface area contributed by atoms with E-state index < -0.39 is 6.10 Å². The highest BCUT2D eigenvalue weighted by Crippen LogP contribution is 2.31. The molecule has 0 bridgehead atoms. The minimum Gasteiger partial charge on any atom is -0.493 e. The Balaban J connectivity index is 2.11. The number of morpholine rings is 1. The summed E-state index contributed by atoms with van der Waals surface area (Å²) in [6.07, 6.45) is -0.593. The Labute approximate surface area is 124 Å². The van der Waals surface area contributed by atoms with Crippen LogP contribution in [0.15, 0.2) is 18.2 Å². The third-order valence-electron chi connectivity index (χ3n) is 3.47. The summed E-state index contributed by atoms with van der Waals surface area (Å²) < 4.78 is 16.4. The van der Waals surface area contributed by atoms with Gasteiger partial charge < -0.3 is 24.8 Å². The molecule has 1 aromatic carbocycles. The SMILES string of the molecule is COc1cccc(CN)c1OC(C)C(=O)N1CCOCC1. The Hall–Kier alpha value is -1.79. The van der Waals surface area contributed by atoms with Crippen molar-refractivity contribution in [2.24, 2.45) is 5.73 Å². The number of nitrogens with two attached hydrogens (primary N) is 1. The Morgan fingerprint density at radius 1 is 1.43 bits per heavy atom. The molecule has 1 amide bonds. The van der Waals surface area contributed by atoms with Gasteiger partial charge in [0, 0.05) is 25.2 Å². The van der Waals surface area contributed by atoms with Crippen LogP contribution in [-0.2, 0) is 16.1 Å². The second-order valence-corrected chi connectivity index (χ2v) is 4.85. The van der Waals surface area contributed by atoms with Gasteiger partial charge in [-0.2, -0.15) is 0 Å². The van der Waals surface area contributed by atoms with E-state index in [4.69, 9.17) is 19.9 Å². The molecule has 1 heterocycles. The molecule has 0 aromatic heterocycles. The summed E-state index contributed by atoms with van der Waals surface area (Å²) in [6, 6.07) is 5.51. The number of para-hydroxylation sites is 1. The minimum atomic E-state index is -0.593.